The van der Waals surface area contributed by atoms with Gasteiger partial charge >= 0.3 is 0 Å². The smallest absolute Gasteiger partial charge is 0.225 e. The van der Waals surface area contributed by atoms with E-state index in [0.29, 0.717) is 23.9 Å². The maximum Gasteiger partial charge on any atom is 0.225 e. The Labute approximate surface area is 200 Å². The van der Waals surface area contributed by atoms with Crippen LogP contribution in [0.15, 0.2) is 65.1 Å². The molecule has 0 radical (unpaired) electrons. The molecule has 0 unspecified atom stereocenters. The number of hydrogen-bond donors (Lipinski definition) is 0. The van der Waals surface area contributed by atoms with E-state index >= 15 is 0 Å². The van der Waals surface area contributed by atoms with Crippen LogP contribution in [0.1, 0.15) is 25.1 Å². The molecule has 32 heavy (non-hydrogen) atoms. The molecule has 6 nitrogen and oxygen atoms in total. The molecule has 2 aromatic carbocycles. The van der Waals surface area contributed by atoms with Crippen molar-refractivity contribution >= 4 is 45.7 Å². The number of carbonyl (C=O) groups excluding carboxylic acids is 1. The minimum absolute atomic E-state index is 0.00346. The van der Waals surface area contributed by atoms with Gasteiger partial charge in [-0.3, -0.25) is 14.3 Å². The van der Waals surface area contributed by atoms with Gasteiger partial charge in [-0.05, 0) is 36.8 Å². The van der Waals surface area contributed by atoms with Crippen molar-refractivity contribution in [2.24, 2.45) is 0 Å². The third-order valence-electron chi connectivity index (χ3n) is 4.82. The molecule has 0 saturated carbocycles. The zero-order valence-electron chi connectivity index (χ0n) is 17.7. The molecule has 1 amide bonds. The monoisotopic (exact) mass is 483 g/mol. The first kappa shape index (κ1) is 22.5. The van der Waals surface area contributed by atoms with Crippen LogP contribution in [0.5, 0.6) is 0 Å². The van der Waals surface area contributed by atoms with Gasteiger partial charge in [0.05, 0.1) is 12.2 Å². The molecule has 0 N–H and O–H groups in total. The van der Waals surface area contributed by atoms with Crippen LogP contribution in [0.4, 0.5) is 5.13 Å². The summed E-state index contributed by atoms with van der Waals surface area (Å²) < 4.78 is 2.12. The molecule has 0 aliphatic rings. The van der Waals surface area contributed by atoms with Crippen LogP contribution in [-0.2, 0) is 17.1 Å². The van der Waals surface area contributed by atoms with E-state index in [9.17, 15) is 4.79 Å². The lowest BCUT2D eigenvalue weighted by Gasteiger charge is -2.14. The summed E-state index contributed by atoms with van der Waals surface area (Å²) in [6, 6.07) is 17.9. The summed E-state index contributed by atoms with van der Waals surface area (Å²) in [4.78, 5) is 18.1. The summed E-state index contributed by atoms with van der Waals surface area (Å²) >= 11 is 9.13. The van der Waals surface area contributed by atoms with E-state index in [1.165, 1.54) is 16.9 Å². The number of thiazole rings is 1. The molecule has 9 heteroatoms. The summed E-state index contributed by atoms with van der Waals surface area (Å²) in [6.07, 6.45) is 0. The fraction of sp³-hybridized carbons (Fsp3) is 0.217. The number of nitrogens with zero attached hydrogens (tertiary/aromatic N) is 5. The Balaban J connectivity index is 1.59. The highest BCUT2D eigenvalue weighted by molar-refractivity contribution is 7.98. The van der Waals surface area contributed by atoms with Crippen LogP contribution < -0.4 is 4.90 Å². The first-order chi connectivity index (χ1) is 15.5. The lowest BCUT2D eigenvalue weighted by atomic mass is 10.2. The van der Waals surface area contributed by atoms with E-state index in [4.69, 9.17) is 11.6 Å². The molecule has 0 atom stereocenters. The minimum atomic E-state index is -0.00346. The normalized spacial score (nSPS) is 11.0. The van der Waals surface area contributed by atoms with Crippen molar-refractivity contribution in [1.29, 1.82) is 0 Å². The highest BCUT2D eigenvalue weighted by atomic mass is 35.5. The molecule has 0 bridgehead atoms. The van der Waals surface area contributed by atoms with Gasteiger partial charge in [0.1, 0.15) is 0 Å². The lowest BCUT2D eigenvalue weighted by Crippen LogP contribution is -2.27. The summed E-state index contributed by atoms with van der Waals surface area (Å²) in [5.41, 5.74) is 3.04. The Morgan fingerprint density at radius 1 is 1.12 bits per heavy atom. The fourth-order valence-corrected chi connectivity index (χ4v) is 5.23. The largest absolute Gasteiger partial charge is 0.298 e. The average Bonchev–Trinajstić information content (AvgIpc) is 3.41. The topological polar surface area (TPSA) is 63.9 Å². The molecule has 0 fully saturated rings. The van der Waals surface area contributed by atoms with Crippen molar-refractivity contribution in [3.63, 3.8) is 0 Å². The molecule has 2 aromatic heterocycles. The van der Waals surface area contributed by atoms with Crippen molar-refractivity contribution in [2.75, 3.05) is 11.4 Å². The van der Waals surface area contributed by atoms with Gasteiger partial charge in [0.25, 0.3) is 0 Å². The van der Waals surface area contributed by atoms with Crippen LogP contribution in [0.3, 0.4) is 0 Å². The molecular formula is C23H22ClN5OS2. The van der Waals surface area contributed by atoms with E-state index in [0.717, 1.165) is 27.4 Å². The van der Waals surface area contributed by atoms with Crippen molar-refractivity contribution in [2.45, 2.75) is 31.3 Å². The number of aromatic nitrogens is 4. The molecule has 0 aliphatic carbocycles. The van der Waals surface area contributed by atoms with Crippen LogP contribution in [0.25, 0.3) is 11.4 Å². The molecule has 4 rings (SSSR count). The number of thioether (sulfide) groups is 1. The minimum Gasteiger partial charge on any atom is -0.298 e. The van der Waals surface area contributed by atoms with Crippen LogP contribution in [0.2, 0.25) is 5.02 Å². The van der Waals surface area contributed by atoms with Gasteiger partial charge in [0.15, 0.2) is 16.1 Å². The SMILES string of the molecule is CCN(C(C)=O)c1nc(CSc2nnc(-c3ccc(Cl)cc3)n2Cc2ccccc2)cs1. The van der Waals surface area contributed by atoms with Gasteiger partial charge in [-0.25, -0.2) is 4.98 Å². The van der Waals surface area contributed by atoms with E-state index < -0.39 is 0 Å². The van der Waals surface area contributed by atoms with Crippen molar-refractivity contribution in [1.82, 2.24) is 19.7 Å². The van der Waals surface area contributed by atoms with Gasteiger partial charge in [0.2, 0.25) is 5.91 Å². The molecule has 164 valence electrons. The number of benzene rings is 2. The predicted octanol–water partition coefficient (Wildman–Crippen LogP) is 5.77. The van der Waals surface area contributed by atoms with Gasteiger partial charge in [-0.15, -0.1) is 21.5 Å². The Morgan fingerprint density at radius 2 is 1.88 bits per heavy atom. The van der Waals surface area contributed by atoms with Crippen LogP contribution >= 0.6 is 34.7 Å². The number of rotatable bonds is 8. The van der Waals surface area contributed by atoms with Crippen LogP contribution in [-0.4, -0.2) is 32.2 Å². The van der Waals surface area contributed by atoms with Gasteiger partial charge in [-0.1, -0.05) is 53.7 Å². The number of anilines is 1. The summed E-state index contributed by atoms with van der Waals surface area (Å²) in [6.45, 7) is 4.76. The second kappa shape index (κ2) is 10.3. The second-order valence-corrected chi connectivity index (χ2v) is 9.27. The van der Waals surface area contributed by atoms with Gasteiger partial charge in [-0.2, -0.15) is 0 Å². The summed E-state index contributed by atoms with van der Waals surface area (Å²) in [5, 5.41) is 13.2. The summed E-state index contributed by atoms with van der Waals surface area (Å²) in [5.74, 6) is 1.43. The zero-order valence-corrected chi connectivity index (χ0v) is 20.1. The third-order valence-corrected chi connectivity index (χ3v) is 6.98. The maximum atomic E-state index is 11.8. The number of hydrogen-bond acceptors (Lipinski definition) is 6. The van der Waals surface area contributed by atoms with E-state index in [2.05, 4.69) is 31.9 Å². The van der Waals surface area contributed by atoms with Gasteiger partial charge in [0, 0.05) is 35.2 Å². The van der Waals surface area contributed by atoms with E-state index in [1.807, 2.05) is 54.8 Å². The first-order valence-electron chi connectivity index (χ1n) is 10.1. The highest BCUT2D eigenvalue weighted by Gasteiger charge is 2.17. The average molecular weight is 484 g/mol. The highest BCUT2D eigenvalue weighted by Crippen LogP contribution is 2.30. The third kappa shape index (κ3) is 5.20. The number of halogens is 1. The standard InChI is InChI=1S/C23H22ClN5OS2/c1-3-28(16(2)30)22-25-20(14-31-22)15-32-23-27-26-21(18-9-11-19(24)12-10-18)29(23)13-17-7-5-4-6-8-17/h4-12,14H,3,13,15H2,1-2H3. The lowest BCUT2D eigenvalue weighted by molar-refractivity contribution is -0.116. The zero-order chi connectivity index (χ0) is 22.5. The molecule has 0 saturated heterocycles. The Morgan fingerprint density at radius 3 is 2.56 bits per heavy atom. The number of carbonyl (C=O) groups is 1. The fourth-order valence-electron chi connectivity index (χ4n) is 3.23. The van der Waals surface area contributed by atoms with E-state index in [1.54, 1.807) is 23.6 Å². The number of amides is 1. The first-order valence-corrected chi connectivity index (χ1v) is 12.4. The molecule has 4 aromatic rings. The van der Waals surface area contributed by atoms with Crippen molar-refractivity contribution in [3.05, 3.63) is 76.3 Å². The molecular weight excluding hydrogens is 462 g/mol. The molecule has 2 heterocycles. The predicted molar refractivity (Wildman–Crippen MR) is 131 cm³/mol. The summed E-state index contributed by atoms with van der Waals surface area (Å²) in [7, 11) is 0. The molecule has 0 aliphatic heterocycles. The Kier molecular flexibility index (Phi) is 7.24. The Bertz CT molecular complexity index is 1190. The van der Waals surface area contributed by atoms with Crippen molar-refractivity contribution < 1.29 is 4.79 Å². The van der Waals surface area contributed by atoms with E-state index in [-0.39, 0.29) is 5.91 Å². The van der Waals surface area contributed by atoms with Crippen molar-refractivity contribution in [3.8, 4) is 11.4 Å². The molecule has 0 spiro atoms. The second-order valence-electron chi connectivity index (χ2n) is 7.06. The maximum absolute atomic E-state index is 11.8. The van der Waals surface area contributed by atoms with Crippen LogP contribution in [0, 0.1) is 0 Å². The quantitative estimate of drug-likeness (QED) is 0.298. The van der Waals surface area contributed by atoms with Gasteiger partial charge < -0.3 is 0 Å². The Hall–Kier alpha value is -2.68.